The third-order valence-electron chi connectivity index (χ3n) is 1.52. The Balaban J connectivity index is 0.000000255. The predicted molar refractivity (Wildman–Crippen MR) is 54.3 cm³/mol. The van der Waals surface area contributed by atoms with Crippen molar-refractivity contribution >= 4 is 8.25 Å². The van der Waals surface area contributed by atoms with E-state index >= 15 is 0 Å². The maximum absolute atomic E-state index is 9.92. The minimum Gasteiger partial charge on any atom is -0.314 e. The lowest BCUT2D eigenvalue weighted by Gasteiger charge is -1.89. The highest BCUT2D eigenvalue weighted by Crippen LogP contribution is 2.18. The number of aromatic nitrogens is 2. The highest BCUT2D eigenvalue weighted by molar-refractivity contribution is 7.33. The van der Waals surface area contributed by atoms with E-state index < -0.39 is 8.25 Å². The average molecular weight is 221 g/mol. The van der Waals surface area contributed by atoms with Crippen LogP contribution in [-0.4, -0.2) is 18.8 Å². The van der Waals surface area contributed by atoms with Crippen LogP contribution in [0.4, 0.5) is 0 Å². The van der Waals surface area contributed by atoms with Gasteiger partial charge in [0.15, 0.2) is 0 Å². The number of rotatable bonds is 3. The van der Waals surface area contributed by atoms with Crippen molar-refractivity contribution in [1.29, 1.82) is 0 Å². The number of hydrogen-bond acceptors (Lipinski definition) is 3. The molecule has 14 heavy (non-hydrogen) atoms. The van der Waals surface area contributed by atoms with Gasteiger partial charge in [0.25, 0.3) is 0 Å². The fourth-order valence-electron chi connectivity index (χ4n) is 0.772. The predicted octanol–water partition coefficient (Wildman–Crippen LogP) is 1.00. The molecular formula is C8H18N2O3P+. The maximum atomic E-state index is 9.92. The van der Waals surface area contributed by atoms with Crippen LogP contribution in [0.25, 0.3) is 0 Å². The van der Waals surface area contributed by atoms with Crippen LogP contribution in [0.2, 0.25) is 0 Å². The summed E-state index contributed by atoms with van der Waals surface area (Å²) in [6.07, 6.45) is 6.14. The van der Waals surface area contributed by atoms with Gasteiger partial charge in [0, 0.05) is 14.2 Å². The van der Waals surface area contributed by atoms with Crippen molar-refractivity contribution in [3.05, 3.63) is 18.7 Å². The van der Waals surface area contributed by atoms with Crippen LogP contribution in [0, 0.1) is 0 Å². The second-order valence-electron chi connectivity index (χ2n) is 2.57. The zero-order chi connectivity index (χ0) is 11.0. The fourth-order valence-corrected chi connectivity index (χ4v) is 0.939. The molecule has 0 aliphatic heterocycles. The Kier molecular flexibility index (Phi) is 7.38. The Morgan fingerprint density at radius 2 is 2.00 bits per heavy atom. The van der Waals surface area contributed by atoms with Crippen molar-refractivity contribution in [2.45, 2.75) is 13.5 Å². The number of nitrogens with zero attached hydrogens (tertiary/aromatic N) is 2. The lowest BCUT2D eigenvalue weighted by molar-refractivity contribution is -0.693. The summed E-state index contributed by atoms with van der Waals surface area (Å²) in [6.45, 7) is 3.18. The first-order valence-corrected chi connectivity index (χ1v) is 5.49. The van der Waals surface area contributed by atoms with Gasteiger partial charge < -0.3 is 9.05 Å². The van der Waals surface area contributed by atoms with E-state index in [-0.39, 0.29) is 0 Å². The smallest absolute Gasteiger partial charge is 0.314 e. The summed E-state index contributed by atoms with van der Waals surface area (Å²) in [5.41, 5.74) is 0. The first-order chi connectivity index (χ1) is 6.63. The molecule has 0 radical (unpaired) electrons. The summed E-state index contributed by atoms with van der Waals surface area (Å²) in [4.78, 5) is 0. The van der Waals surface area contributed by atoms with E-state index in [4.69, 9.17) is 0 Å². The summed E-state index contributed by atoms with van der Waals surface area (Å²) in [5, 5.41) is 0. The first kappa shape index (κ1) is 13.4. The van der Waals surface area contributed by atoms with E-state index in [1.807, 2.05) is 17.8 Å². The van der Waals surface area contributed by atoms with Gasteiger partial charge in [-0.2, -0.15) is 0 Å². The molecule has 1 aromatic heterocycles. The summed E-state index contributed by atoms with van der Waals surface area (Å²) in [7, 11) is 2.58. The number of imidazole rings is 1. The number of hydrogen-bond donors (Lipinski definition) is 0. The molecule has 1 heterocycles. The number of aryl methyl sites for hydroxylation is 2. The molecule has 0 atom stereocenters. The molecule has 6 heteroatoms. The van der Waals surface area contributed by atoms with Crippen LogP contribution in [0.1, 0.15) is 6.92 Å². The topological polar surface area (TPSA) is 44.3 Å². The van der Waals surface area contributed by atoms with E-state index in [9.17, 15) is 4.57 Å². The highest BCUT2D eigenvalue weighted by atomic mass is 31.1. The molecule has 0 N–H and O–H groups in total. The van der Waals surface area contributed by atoms with Gasteiger partial charge in [0.05, 0.1) is 13.6 Å². The minimum absolute atomic E-state index is 1.06. The van der Waals surface area contributed by atoms with Crippen LogP contribution in [0.3, 0.4) is 0 Å². The quantitative estimate of drug-likeness (QED) is 0.565. The maximum Gasteiger partial charge on any atom is 0.318 e. The van der Waals surface area contributed by atoms with Crippen LogP contribution in [0.15, 0.2) is 18.7 Å². The summed E-state index contributed by atoms with van der Waals surface area (Å²) in [6, 6.07) is 0. The molecule has 5 nitrogen and oxygen atoms in total. The Labute approximate surface area is 85.2 Å². The van der Waals surface area contributed by atoms with Crippen molar-refractivity contribution in [1.82, 2.24) is 4.57 Å². The van der Waals surface area contributed by atoms with E-state index in [1.54, 1.807) is 0 Å². The van der Waals surface area contributed by atoms with E-state index in [2.05, 4.69) is 33.1 Å². The van der Waals surface area contributed by atoms with Gasteiger partial charge in [-0.25, -0.2) is 9.13 Å². The highest BCUT2D eigenvalue weighted by Gasteiger charge is 1.92. The van der Waals surface area contributed by atoms with Crippen molar-refractivity contribution in [2.75, 3.05) is 14.2 Å². The van der Waals surface area contributed by atoms with E-state index in [1.165, 1.54) is 14.2 Å². The first-order valence-electron chi connectivity index (χ1n) is 4.27. The minimum atomic E-state index is -2.12. The van der Waals surface area contributed by atoms with E-state index in [0.717, 1.165) is 6.54 Å². The van der Waals surface area contributed by atoms with Gasteiger partial charge in [-0.05, 0) is 6.92 Å². The van der Waals surface area contributed by atoms with Crippen LogP contribution in [-0.2, 0) is 27.2 Å². The van der Waals surface area contributed by atoms with Crippen LogP contribution < -0.4 is 4.57 Å². The molecule has 0 aliphatic rings. The Bertz CT molecular complexity index is 269. The molecule has 0 bridgehead atoms. The summed E-state index contributed by atoms with van der Waals surface area (Å²) < 4.78 is 22.5. The standard InChI is InChI=1S/C6H11N2.C2H7O3P/c1-3-8-5-4-7(2)6-8;1-4-6(3)5-2/h4-6H,3H2,1-2H3;6H,1-2H3/q+1;. The second-order valence-corrected chi connectivity index (χ2v) is 3.88. The fraction of sp³-hybridized carbons (Fsp3) is 0.625. The average Bonchev–Trinajstić information content (AvgIpc) is 2.64. The zero-order valence-electron chi connectivity index (χ0n) is 9.06. The molecule has 0 aromatic carbocycles. The van der Waals surface area contributed by atoms with Crippen molar-refractivity contribution in [2.24, 2.45) is 7.05 Å². The van der Waals surface area contributed by atoms with Gasteiger partial charge in [-0.3, -0.25) is 4.57 Å². The molecule has 0 spiro atoms. The lowest BCUT2D eigenvalue weighted by Crippen LogP contribution is -2.28. The SMILES string of the molecule is CC[n+]1ccn(C)c1.CO[PH](=O)OC. The Morgan fingerprint density at radius 3 is 2.14 bits per heavy atom. The van der Waals surface area contributed by atoms with Gasteiger partial charge in [0.2, 0.25) is 6.33 Å². The van der Waals surface area contributed by atoms with Gasteiger partial charge in [0.1, 0.15) is 12.4 Å². The molecule has 1 rings (SSSR count). The molecule has 0 saturated carbocycles. The normalized spacial score (nSPS) is 9.79. The second kappa shape index (κ2) is 7.74. The molecule has 1 aromatic rings. The van der Waals surface area contributed by atoms with Gasteiger partial charge in [-0.1, -0.05) is 0 Å². The molecule has 0 amide bonds. The van der Waals surface area contributed by atoms with Crippen molar-refractivity contribution < 1.29 is 18.2 Å². The van der Waals surface area contributed by atoms with Gasteiger partial charge >= 0.3 is 8.25 Å². The van der Waals surface area contributed by atoms with Gasteiger partial charge in [-0.15, -0.1) is 0 Å². The zero-order valence-corrected chi connectivity index (χ0v) is 10.1. The molecular weight excluding hydrogens is 203 g/mol. The molecule has 0 aliphatic carbocycles. The Morgan fingerprint density at radius 1 is 1.43 bits per heavy atom. The van der Waals surface area contributed by atoms with Crippen molar-refractivity contribution in [3.63, 3.8) is 0 Å². The third kappa shape index (κ3) is 5.91. The summed E-state index contributed by atoms with van der Waals surface area (Å²) in [5.74, 6) is 0. The van der Waals surface area contributed by atoms with E-state index in [0.29, 0.717) is 0 Å². The molecule has 0 fully saturated rings. The molecule has 0 unspecified atom stereocenters. The largest absolute Gasteiger partial charge is 0.318 e. The van der Waals surface area contributed by atoms with Crippen LogP contribution in [0.5, 0.6) is 0 Å². The third-order valence-corrected chi connectivity index (χ3v) is 2.19. The Hall–Kier alpha value is -0.640. The summed E-state index contributed by atoms with van der Waals surface area (Å²) >= 11 is 0. The van der Waals surface area contributed by atoms with Crippen molar-refractivity contribution in [3.8, 4) is 0 Å². The molecule has 82 valence electrons. The monoisotopic (exact) mass is 221 g/mol. The molecule has 0 saturated heterocycles. The van der Waals surface area contributed by atoms with Crippen LogP contribution >= 0.6 is 8.25 Å². The lowest BCUT2D eigenvalue weighted by atomic mass is 10.7.